The topological polar surface area (TPSA) is 158 Å². The van der Waals surface area contributed by atoms with Gasteiger partial charge in [0.2, 0.25) is 11.8 Å². The molecule has 12 heteroatoms. The van der Waals surface area contributed by atoms with Gasteiger partial charge in [-0.1, -0.05) is 119 Å². The van der Waals surface area contributed by atoms with E-state index in [4.69, 9.17) is 10.5 Å². The number of amides is 5. The van der Waals surface area contributed by atoms with Gasteiger partial charge in [-0.25, -0.2) is 9.59 Å². The number of aliphatic hydroxyl groups is 1. The molecule has 5 N–H and O–H groups in total. The summed E-state index contributed by atoms with van der Waals surface area (Å²) in [6.07, 6.45) is -1.93. The summed E-state index contributed by atoms with van der Waals surface area (Å²) < 4.78 is 5.42. The van der Waals surface area contributed by atoms with Crippen LogP contribution in [0.1, 0.15) is 44.4 Å². The summed E-state index contributed by atoms with van der Waals surface area (Å²) in [7, 11) is 1.97. The smallest absolute Gasteiger partial charge is 0.408 e. The van der Waals surface area contributed by atoms with Gasteiger partial charge >= 0.3 is 12.1 Å². The molecule has 1 aliphatic rings. The number of nitrogens with zero attached hydrogens (tertiary/aromatic N) is 3. The molecule has 3 unspecified atom stereocenters. The van der Waals surface area contributed by atoms with E-state index in [1.54, 1.807) is 18.7 Å². The number of ether oxygens (including phenoxy) is 1. The third kappa shape index (κ3) is 11.9. The van der Waals surface area contributed by atoms with Crippen molar-refractivity contribution in [1.29, 1.82) is 0 Å². The molecule has 0 bridgehead atoms. The third-order valence-corrected chi connectivity index (χ3v) is 9.71. The van der Waals surface area contributed by atoms with Crippen LogP contribution in [0.25, 0.3) is 0 Å². The number of hydrogen-bond acceptors (Lipinski definition) is 8. The number of rotatable bonds is 15. The number of imide groups is 1. The van der Waals surface area contributed by atoms with E-state index in [9.17, 15) is 24.3 Å². The molecule has 0 spiro atoms. The van der Waals surface area contributed by atoms with E-state index in [0.717, 1.165) is 21.6 Å². The molecular weight excluding hydrogens is 672 g/mol. The highest BCUT2D eigenvalue weighted by molar-refractivity contribution is 5.98. The van der Waals surface area contributed by atoms with Gasteiger partial charge in [0, 0.05) is 26.2 Å². The highest BCUT2D eigenvalue weighted by atomic mass is 16.5. The van der Waals surface area contributed by atoms with Crippen molar-refractivity contribution in [3.8, 4) is 0 Å². The third-order valence-electron chi connectivity index (χ3n) is 9.71. The molecule has 5 atom stereocenters. The summed E-state index contributed by atoms with van der Waals surface area (Å²) in [5.74, 6) is -1.79. The maximum absolute atomic E-state index is 14.5. The fourth-order valence-electron chi connectivity index (χ4n) is 6.31. The van der Waals surface area contributed by atoms with Crippen LogP contribution in [0.2, 0.25) is 0 Å². The number of nitrogens with two attached hydrogens (primary N) is 1. The molecule has 4 rings (SSSR count). The number of benzene rings is 3. The Bertz CT molecular complexity index is 1600. The van der Waals surface area contributed by atoms with Gasteiger partial charge in [-0.2, -0.15) is 0 Å². The number of carbonyl (C=O) groups excluding carboxylic acids is 4. The van der Waals surface area contributed by atoms with Gasteiger partial charge in [-0.3, -0.25) is 14.5 Å². The van der Waals surface area contributed by atoms with E-state index in [2.05, 4.69) is 15.5 Å². The summed E-state index contributed by atoms with van der Waals surface area (Å²) in [6.45, 7) is 9.29. The zero-order valence-electron chi connectivity index (χ0n) is 31.6. The van der Waals surface area contributed by atoms with Crippen molar-refractivity contribution >= 4 is 23.9 Å². The second-order valence-electron chi connectivity index (χ2n) is 14.5. The van der Waals surface area contributed by atoms with Crippen LogP contribution in [0.15, 0.2) is 91.0 Å². The highest BCUT2D eigenvalue weighted by Gasteiger charge is 2.43. The van der Waals surface area contributed by atoms with E-state index < -0.39 is 54.2 Å². The number of aliphatic hydroxyl groups excluding tert-OH is 1. The van der Waals surface area contributed by atoms with E-state index in [0.29, 0.717) is 26.2 Å². The largest absolute Gasteiger partial charge is 0.445 e. The summed E-state index contributed by atoms with van der Waals surface area (Å²) in [4.78, 5) is 60.7. The number of hydrogen-bond donors (Lipinski definition) is 4. The standard InChI is InChI=1S/C41H56N6O6/c1-28(2)35(42)39(50)47(41(52)46-23-21-45(5)22-24-46)34(26-31-17-11-7-12-18-31)37(48)33(25-30-15-9-6-10-16-30)43-38(49)36(29(3)4)44-40(51)53-27-32-19-13-8-14-20-32/h6-20,28-29,33-37,48H,21-27,42H2,1-5H3,(H,43,49)(H,44,51)/t33?,34?,35-,36-,37?/m0/s1. The predicted molar refractivity (Wildman–Crippen MR) is 205 cm³/mol. The van der Waals surface area contributed by atoms with Crippen molar-refractivity contribution in [3.63, 3.8) is 0 Å². The first-order chi connectivity index (χ1) is 25.3. The lowest BCUT2D eigenvalue weighted by Crippen LogP contribution is -2.65. The van der Waals surface area contributed by atoms with Crippen molar-refractivity contribution in [3.05, 3.63) is 108 Å². The summed E-state index contributed by atoms with van der Waals surface area (Å²) >= 11 is 0. The number of nitrogens with one attached hydrogen (secondary N) is 2. The van der Waals surface area contributed by atoms with Crippen LogP contribution in [0.5, 0.6) is 0 Å². The number of urea groups is 1. The lowest BCUT2D eigenvalue weighted by molar-refractivity contribution is -0.136. The molecule has 1 heterocycles. The lowest BCUT2D eigenvalue weighted by atomic mass is 9.90. The van der Waals surface area contributed by atoms with Crippen LogP contribution >= 0.6 is 0 Å². The Kier molecular flexibility index (Phi) is 15.4. The highest BCUT2D eigenvalue weighted by Crippen LogP contribution is 2.23. The van der Waals surface area contributed by atoms with Gasteiger partial charge in [0.1, 0.15) is 12.6 Å². The van der Waals surface area contributed by atoms with E-state index in [1.165, 1.54) is 0 Å². The zero-order chi connectivity index (χ0) is 38.5. The quantitative estimate of drug-likeness (QED) is 0.184. The van der Waals surface area contributed by atoms with E-state index >= 15 is 0 Å². The number of carbonyl (C=O) groups is 4. The zero-order valence-corrected chi connectivity index (χ0v) is 31.6. The van der Waals surface area contributed by atoms with Crippen molar-refractivity contribution in [2.45, 2.75) is 77.4 Å². The Morgan fingerprint density at radius 2 is 1.26 bits per heavy atom. The Labute approximate surface area is 313 Å². The molecule has 1 fully saturated rings. The summed E-state index contributed by atoms with van der Waals surface area (Å²) in [5.41, 5.74) is 8.86. The average molecular weight is 729 g/mol. The van der Waals surface area contributed by atoms with E-state index in [1.807, 2.05) is 112 Å². The van der Waals surface area contributed by atoms with Gasteiger partial charge < -0.3 is 36.0 Å². The van der Waals surface area contributed by atoms with Crippen LogP contribution in [-0.2, 0) is 33.8 Å². The number of likely N-dealkylation sites (N-methyl/N-ethyl adjacent to an activating group) is 1. The number of alkyl carbamates (subject to hydrolysis) is 1. The van der Waals surface area contributed by atoms with Gasteiger partial charge in [0.05, 0.1) is 24.2 Å². The van der Waals surface area contributed by atoms with Crippen molar-refractivity contribution in [1.82, 2.24) is 25.3 Å². The van der Waals surface area contributed by atoms with Gasteiger partial charge in [0.15, 0.2) is 0 Å². The van der Waals surface area contributed by atoms with Crippen LogP contribution in [0.3, 0.4) is 0 Å². The van der Waals surface area contributed by atoms with Crippen molar-refractivity contribution in [2.24, 2.45) is 17.6 Å². The first-order valence-electron chi connectivity index (χ1n) is 18.4. The van der Waals surface area contributed by atoms with Crippen LogP contribution < -0.4 is 16.4 Å². The number of piperazine rings is 1. The van der Waals surface area contributed by atoms with Gasteiger partial charge in [0.25, 0.3) is 0 Å². The van der Waals surface area contributed by atoms with Crippen LogP contribution in [-0.4, -0.2) is 107 Å². The summed E-state index contributed by atoms with van der Waals surface area (Å²) in [6, 6.07) is 23.2. The monoisotopic (exact) mass is 728 g/mol. The Morgan fingerprint density at radius 3 is 1.77 bits per heavy atom. The second-order valence-corrected chi connectivity index (χ2v) is 14.5. The molecule has 5 amide bonds. The molecule has 286 valence electrons. The minimum Gasteiger partial charge on any atom is -0.445 e. The second kappa shape index (κ2) is 19.9. The van der Waals surface area contributed by atoms with Crippen molar-refractivity contribution < 1.29 is 29.0 Å². The minimum absolute atomic E-state index is 0.0271. The van der Waals surface area contributed by atoms with Gasteiger partial charge in [-0.15, -0.1) is 0 Å². The van der Waals surface area contributed by atoms with Crippen LogP contribution in [0, 0.1) is 11.8 Å². The molecule has 0 radical (unpaired) electrons. The molecule has 1 aliphatic heterocycles. The summed E-state index contributed by atoms with van der Waals surface area (Å²) in [5, 5.41) is 18.2. The normalized spacial score (nSPS) is 16.3. The Balaban J connectivity index is 1.70. The first-order valence-corrected chi connectivity index (χ1v) is 18.4. The first kappa shape index (κ1) is 41.0. The van der Waals surface area contributed by atoms with Gasteiger partial charge in [-0.05, 0) is 48.4 Å². The molecule has 0 aromatic heterocycles. The molecular formula is C41H56N6O6. The van der Waals surface area contributed by atoms with Crippen LogP contribution in [0.4, 0.5) is 9.59 Å². The maximum Gasteiger partial charge on any atom is 0.408 e. The molecule has 1 saturated heterocycles. The molecule has 12 nitrogen and oxygen atoms in total. The molecule has 0 saturated carbocycles. The fraction of sp³-hybridized carbons (Fsp3) is 0.463. The SMILES string of the molecule is CC(C)[C@H](N)C(=O)N(C(=O)N1CCN(C)CC1)C(Cc1ccccc1)C(O)C(Cc1ccccc1)NC(=O)[C@@H](NC(=O)OCc1ccccc1)C(C)C. The molecule has 53 heavy (non-hydrogen) atoms. The molecule has 0 aliphatic carbocycles. The van der Waals surface area contributed by atoms with Crippen molar-refractivity contribution in [2.75, 3.05) is 33.2 Å². The minimum atomic E-state index is -1.45. The predicted octanol–water partition coefficient (Wildman–Crippen LogP) is 3.82. The lowest BCUT2D eigenvalue weighted by Gasteiger charge is -2.42. The molecule has 3 aromatic rings. The Morgan fingerprint density at radius 1 is 0.755 bits per heavy atom. The maximum atomic E-state index is 14.5. The fourth-order valence-corrected chi connectivity index (χ4v) is 6.31. The Hall–Kier alpha value is -4.78. The average Bonchev–Trinajstić information content (AvgIpc) is 3.16. The van der Waals surface area contributed by atoms with E-state index in [-0.39, 0.29) is 31.3 Å². The molecule has 3 aromatic carbocycles.